The van der Waals surface area contributed by atoms with Gasteiger partial charge < -0.3 is 0 Å². The van der Waals surface area contributed by atoms with Crippen LogP contribution in [0.1, 0.15) is 5.56 Å². The third-order valence-electron chi connectivity index (χ3n) is 2.38. The number of hydrogen-bond acceptors (Lipinski definition) is 2. The Bertz CT molecular complexity index is 781. The summed E-state index contributed by atoms with van der Waals surface area (Å²) in [7, 11) is -5.41. The van der Waals surface area contributed by atoms with Crippen molar-refractivity contribution in [1.29, 1.82) is 0 Å². The van der Waals surface area contributed by atoms with Gasteiger partial charge in [0.1, 0.15) is 0 Å². The van der Waals surface area contributed by atoms with Gasteiger partial charge in [0.05, 0.1) is 0 Å². The van der Waals surface area contributed by atoms with E-state index in [1.807, 2.05) is 18.1 Å². The molecule has 0 aromatic heterocycles. The van der Waals surface area contributed by atoms with Crippen LogP contribution in [-0.4, -0.2) is 13.9 Å². The Balaban J connectivity index is 2.44. The van der Waals surface area contributed by atoms with Gasteiger partial charge >= 0.3 is 15.3 Å². The molecule has 2 rings (SSSR count). The molecular weight excluding hydrogens is 277 g/mol. The van der Waals surface area contributed by atoms with Crippen LogP contribution in [0.3, 0.4) is 0 Å². The first kappa shape index (κ1) is 13.4. The molecule has 0 fully saturated rings. The number of rotatable bonds is 0. The van der Waals surface area contributed by atoms with Gasteiger partial charge in [0.25, 0.3) is 0 Å². The average molecular weight is 284 g/mol. The van der Waals surface area contributed by atoms with E-state index in [4.69, 9.17) is 0 Å². The van der Waals surface area contributed by atoms with E-state index in [0.717, 1.165) is 10.8 Å². The van der Waals surface area contributed by atoms with Crippen molar-refractivity contribution in [3.8, 4) is 11.2 Å². The van der Waals surface area contributed by atoms with E-state index in [1.54, 1.807) is 18.2 Å². The number of sulfone groups is 1. The van der Waals surface area contributed by atoms with Crippen molar-refractivity contribution in [3.05, 3.63) is 48.0 Å². The van der Waals surface area contributed by atoms with Crippen LogP contribution in [0.2, 0.25) is 0 Å². The topological polar surface area (TPSA) is 34.1 Å². The monoisotopic (exact) mass is 284 g/mol. The lowest BCUT2D eigenvalue weighted by molar-refractivity contribution is -0.0420. The Morgan fingerprint density at radius 2 is 1.58 bits per heavy atom. The van der Waals surface area contributed by atoms with Crippen molar-refractivity contribution >= 4 is 20.6 Å². The molecule has 0 saturated heterocycles. The van der Waals surface area contributed by atoms with Gasteiger partial charge in [-0.25, -0.2) is 8.42 Å². The molecule has 2 nitrogen and oxygen atoms in total. The molecule has 2 aromatic rings. The molecule has 0 bridgehead atoms. The Hall–Kier alpha value is -2.00. The van der Waals surface area contributed by atoms with Crippen LogP contribution in [0.25, 0.3) is 10.8 Å². The fraction of sp³-hybridized carbons (Fsp3) is 0.0769. The molecule has 0 saturated carbocycles. The van der Waals surface area contributed by atoms with E-state index >= 15 is 0 Å². The first-order valence-corrected chi connectivity index (χ1v) is 6.61. The quantitative estimate of drug-likeness (QED) is 0.697. The molecule has 0 N–H and O–H groups in total. The van der Waals surface area contributed by atoms with Gasteiger partial charge in [-0.2, -0.15) is 13.2 Å². The minimum absolute atomic E-state index is 0.214. The maximum Gasteiger partial charge on any atom is 0.509 e. The van der Waals surface area contributed by atoms with Crippen LogP contribution in [0, 0.1) is 11.2 Å². The second-order valence-electron chi connectivity index (χ2n) is 3.74. The second kappa shape index (κ2) is 4.59. The Morgan fingerprint density at radius 3 is 2.21 bits per heavy atom. The van der Waals surface area contributed by atoms with Crippen LogP contribution in [0.5, 0.6) is 0 Å². The van der Waals surface area contributed by atoms with Crippen molar-refractivity contribution < 1.29 is 21.6 Å². The highest BCUT2D eigenvalue weighted by Gasteiger charge is 2.44. The van der Waals surface area contributed by atoms with E-state index in [0.29, 0.717) is 0 Å². The molecule has 0 radical (unpaired) electrons. The summed E-state index contributed by atoms with van der Waals surface area (Å²) in [5.74, 6) is 2.03. The third kappa shape index (κ3) is 2.88. The molecule has 0 spiro atoms. The first-order valence-electron chi connectivity index (χ1n) is 5.12. The third-order valence-corrected chi connectivity index (χ3v) is 3.36. The lowest BCUT2D eigenvalue weighted by atomic mass is 10.1. The van der Waals surface area contributed by atoms with E-state index in [2.05, 4.69) is 0 Å². The standard InChI is InChI=1S/C13H7F3O2S/c14-13(15,16)19(17,18)8-7-10-5-6-11-3-1-2-4-12(11)9-10/h1-6,9H. The number of hydrogen-bond donors (Lipinski definition) is 0. The van der Waals surface area contributed by atoms with Crippen LogP contribution in [0.15, 0.2) is 42.5 Å². The maximum absolute atomic E-state index is 12.1. The van der Waals surface area contributed by atoms with Crippen molar-refractivity contribution in [2.75, 3.05) is 0 Å². The van der Waals surface area contributed by atoms with E-state index in [-0.39, 0.29) is 5.56 Å². The molecule has 0 amide bonds. The number of alkyl halides is 3. The fourth-order valence-corrected chi connectivity index (χ4v) is 1.82. The molecule has 0 aliphatic heterocycles. The Kier molecular flexibility index (Phi) is 3.25. The SMILES string of the molecule is O=S(=O)(C#Cc1ccc2ccccc2c1)C(F)(F)F. The van der Waals surface area contributed by atoms with Gasteiger partial charge in [0, 0.05) is 10.8 Å². The summed E-state index contributed by atoms with van der Waals surface area (Å²) in [6, 6.07) is 11.9. The lowest BCUT2D eigenvalue weighted by Gasteiger charge is -2.00. The summed E-state index contributed by atoms with van der Waals surface area (Å²) in [6.45, 7) is 0. The molecule has 98 valence electrons. The molecular formula is C13H7F3O2S. The molecule has 0 atom stereocenters. The molecule has 0 aliphatic carbocycles. The zero-order valence-electron chi connectivity index (χ0n) is 9.40. The molecule has 19 heavy (non-hydrogen) atoms. The molecule has 0 heterocycles. The zero-order chi connectivity index (χ0) is 14.1. The van der Waals surface area contributed by atoms with Crippen molar-refractivity contribution in [2.45, 2.75) is 5.51 Å². The minimum atomic E-state index is -5.41. The second-order valence-corrected chi connectivity index (χ2v) is 5.41. The van der Waals surface area contributed by atoms with E-state index in [1.165, 1.54) is 17.4 Å². The lowest BCUT2D eigenvalue weighted by Crippen LogP contribution is -2.20. The minimum Gasteiger partial charge on any atom is -0.206 e. The molecule has 0 unspecified atom stereocenters. The van der Waals surface area contributed by atoms with E-state index in [9.17, 15) is 21.6 Å². The average Bonchev–Trinajstić information content (AvgIpc) is 2.35. The van der Waals surface area contributed by atoms with Crippen LogP contribution in [0.4, 0.5) is 13.2 Å². The van der Waals surface area contributed by atoms with Crippen LogP contribution >= 0.6 is 0 Å². The van der Waals surface area contributed by atoms with Crippen molar-refractivity contribution in [3.63, 3.8) is 0 Å². The summed E-state index contributed by atoms with van der Waals surface area (Å²) in [5.41, 5.74) is -5.14. The number of benzene rings is 2. The molecule has 6 heteroatoms. The van der Waals surface area contributed by atoms with Gasteiger partial charge in [-0.15, -0.1) is 0 Å². The largest absolute Gasteiger partial charge is 0.509 e. The van der Waals surface area contributed by atoms with Gasteiger partial charge in [-0.05, 0) is 28.8 Å². The smallest absolute Gasteiger partial charge is 0.206 e. The van der Waals surface area contributed by atoms with Gasteiger partial charge in [-0.3, -0.25) is 0 Å². The van der Waals surface area contributed by atoms with E-state index < -0.39 is 15.3 Å². The van der Waals surface area contributed by atoms with Crippen LogP contribution < -0.4 is 0 Å². The predicted octanol–water partition coefficient (Wildman–Crippen LogP) is 3.08. The van der Waals surface area contributed by atoms with Gasteiger partial charge in [0.15, 0.2) is 0 Å². The Morgan fingerprint density at radius 1 is 0.947 bits per heavy atom. The van der Waals surface area contributed by atoms with Gasteiger partial charge in [-0.1, -0.05) is 30.3 Å². The summed E-state index contributed by atoms with van der Waals surface area (Å²) < 4.78 is 57.9. The number of fused-ring (bicyclic) bond motifs is 1. The molecule has 0 aliphatic rings. The summed E-state index contributed by atoms with van der Waals surface area (Å²) >= 11 is 0. The molecule has 2 aromatic carbocycles. The van der Waals surface area contributed by atoms with Crippen molar-refractivity contribution in [2.24, 2.45) is 0 Å². The maximum atomic E-state index is 12.1. The predicted molar refractivity (Wildman–Crippen MR) is 65.8 cm³/mol. The summed E-state index contributed by atoms with van der Waals surface area (Å²) in [5, 5.41) is 2.95. The normalized spacial score (nSPS) is 11.9. The highest BCUT2D eigenvalue weighted by Crippen LogP contribution is 2.23. The zero-order valence-corrected chi connectivity index (χ0v) is 10.2. The highest BCUT2D eigenvalue weighted by molar-refractivity contribution is 7.96. The van der Waals surface area contributed by atoms with Crippen molar-refractivity contribution in [1.82, 2.24) is 0 Å². The van der Waals surface area contributed by atoms with Gasteiger partial charge in [0.2, 0.25) is 0 Å². The highest BCUT2D eigenvalue weighted by atomic mass is 32.2. The summed E-state index contributed by atoms with van der Waals surface area (Å²) in [4.78, 5) is 0. The Labute approximate surface area is 107 Å². The van der Waals surface area contributed by atoms with Crippen LogP contribution in [-0.2, 0) is 9.84 Å². The summed E-state index contributed by atoms with van der Waals surface area (Å²) in [6.07, 6.45) is 0. The first-order chi connectivity index (χ1) is 8.79. The fourth-order valence-electron chi connectivity index (χ4n) is 1.45. The number of halogens is 3.